The van der Waals surface area contributed by atoms with Crippen LogP contribution in [0.15, 0.2) is 121 Å². The maximum absolute atomic E-state index is 14.3. The molecule has 9 amide bonds. The first-order valence-electron chi connectivity index (χ1n) is 38.7. The molecule has 121 heavy (non-hydrogen) atoms. The lowest BCUT2D eigenvalue weighted by Gasteiger charge is -2.22. The number of imidazole rings is 3. The molecule has 38 nitrogen and oxygen atoms in total. The molecular weight excluding hydrogens is 1570 g/mol. The number of amides is 9. The summed E-state index contributed by atoms with van der Waals surface area (Å²) in [6.45, 7) is 11.3. The summed E-state index contributed by atoms with van der Waals surface area (Å²) in [5, 5.41) is 35.6. The number of nitrogens with one attached hydrogen (secondary N) is 10. The maximum atomic E-state index is 14.3. The summed E-state index contributed by atoms with van der Waals surface area (Å²) in [6.07, 6.45) is 10.4. The molecule has 10 aromatic rings. The monoisotopic (exact) mass is 1670 g/mol. The average molecular weight is 1670 g/mol. The molecule has 0 radical (unpaired) electrons. The standard InChI is InChI=1S/C82H100FN19O19/c1-50-39-53(83)40-51(2)71(50)121-64-16-11-52(82(3,4)113)41-58(64)60-47-102(10)81(112)70-59(60)44-61(92-70)75(106)89-54-12-14-57(15-13-54)120-38-37-119-36-35-118-34-33-117-32-31-116-30-29-115-28-27-114-26-24-84-67(103)17-20-88-78(109)73-95-65(48-100(73)8)93-68(104)18-21-87-77(108)63-43-56(46-99(63)7)91-80(111)74-96-66(49-101(74)9)94-69(105)19-22-86-76(107)62-42-55(45-98(62)6)90-79(110)72-85-23-25-97(72)5/h11-16,23,25,39-49,92,113H,17-22,24,26-38H2,1-10H3,(H,84,103)(H,86,107)(H,87,108)(H,88,109)(H,89,106)(H,90,110)(H,91,111)(H,93,104)(H,94,105). The number of nitrogens with zero attached hydrogens (tertiary/aromatic N) is 9. The smallest absolute Gasteiger partial charge is 0.291 e. The van der Waals surface area contributed by atoms with Crippen molar-refractivity contribution in [1.29, 1.82) is 0 Å². The summed E-state index contributed by atoms with van der Waals surface area (Å²) < 4.78 is 68.7. The highest BCUT2D eigenvalue weighted by Crippen LogP contribution is 2.41. The zero-order chi connectivity index (χ0) is 86.9. The van der Waals surface area contributed by atoms with Crippen LogP contribution >= 0.6 is 0 Å². The van der Waals surface area contributed by atoms with Crippen LogP contribution in [0.3, 0.4) is 0 Å². The third-order valence-electron chi connectivity index (χ3n) is 18.5. The van der Waals surface area contributed by atoms with Crippen molar-refractivity contribution in [2.24, 2.45) is 42.3 Å². The van der Waals surface area contributed by atoms with Crippen LogP contribution in [-0.4, -0.2) is 218 Å². The second-order valence-corrected chi connectivity index (χ2v) is 28.5. The van der Waals surface area contributed by atoms with Crippen LogP contribution in [0.4, 0.5) is 33.1 Å². The Hall–Kier alpha value is -13.2. The van der Waals surface area contributed by atoms with Gasteiger partial charge in [-0.2, -0.15) is 0 Å². The molecule has 644 valence electrons. The molecule has 0 unspecified atom stereocenters. The van der Waals surface area contributed by atoms with E-state index in [1.54, 1.807) is 142 Å². The van der Waals surface area contributed by atoms with Crippen molar-refractivity contribution in [2.45, 2.75) is 52.6 Å². The van der Waals surface area contributed by atoms with Crippen molar-refractivity contribution in [2.75, 3.05) is 139 Å². The quantitative estimate of drug-likeness (QED) is 0.0198. The number of hydrogen-bond acceptors (Lipinski definition) is 22. The highest BCUT2D eigenvalue weighted by atomic mass is 19.1. The van der Waals surface area contributed by atoms with E-state index >= 15 is 0 Å². The van der Waals surface area contributed by atoms with Gasteiger partial charge in [-0.05, 0) is 111 Å². The van der Waals surface area contributed by atoms with Crippen LogP contribution in [0.5, 0.6) is 17.2 Å². The summed E-state index contributed by atoms with van der Waals surface area (Å²) in [4.78, 5) is 146. The van der Waals surface area contributed by atoms with Gasteiger partial charge in [-0.25, -0.2) is 19.3 Å². The number of aromatic amines is 1. The summed E-state index contributed by atoms with van der Waals surface area (Å²) in [6, 6.07) is 19.3. The Morgan fingerprint density at radius 2 is 0.942 bits per heavy atom. The number of halogens is 1. The number of carbonyl (C=O) groups excluding carboxylic acids is 9. The molecule has 0 bridgehead atoms. The van der Waals surface area contributed by atoms with Gasteiger partial charge < -0.3 is 123 Å². The number of aromatic nitrogens is 10. The fraction of sp³-hybridized carbons (Fsp3) is 0.378. The number of anilines is 5. The zero-order valence-corrected chi connectivity index (χ0v) is 68.8. The first-order valence-corrected chi connectivity index (χ1v) is 38.7. The molecule has 39 heteroatoms. The van der Waals surface area contributed by atoms with Crippen molar-refractivity contribution in [3.63, 3.8) is 0 Å². The van der Waals surface area contributed by atoms with E-state index in [1.807, 2.05) is 0 Å². The molecule has 11 N–H and O–H groups in total. The second-order valence-electron chi connectivity index (χ2n) is 28.5. The van der Waals surface area contributed by atoms with Crippen LogP contribution in [0.25, 0.3) is 22.0 Å². The Morgan fingerprint density at radius 1 is 0.463 bits per heavy atom. The third-order valence-corrected chi connectivity index (χ3v) is 18.5. The minimum atomic E-state index is -1.23. The van der Waals surface area contributed by atoms with Crippen molar-refractivity contribution in [1.82, 2.24) is 68.6 Å². The predicted molar refractivity (Wildman–Crippen MR) is 442 cm³/mol. The first-order chi connectivity index (χ1) is 58.0. The molecule has 10 rings (SSSR count). The van der Waals surface area contributed by atoms with Crippen molar-refractivity contribution in [3.8, 4) is 28.4 Å². The molecule has 0 aliphatic heterocycles. The molecule has 3 aromatic carbocycles. The Morgan fingerprint density at radius 3 is 1.45 bits per heavy atom. The van der Waals surface area contributed by atoms with Crippen molar-refractivity contribution < 1.29 is 90.5 Å². The van der Waals surface area contributed by atoms with Crippen LogP contribution in [-0.2, 0) is 90.7 Å². The van der Waals surface area contributed by atoms with Gasteiger partial charge in [-0.15, -0.1) is 0 Å². The molecule has 0 fully saturated rings. The Labute approximate surface area is 694 Å². The average Bonchev–Trinajstić information content (AvgIpc) is 1.60. The summed E-state index contributed by atoms with van der Waals surface area (Å²) in [7, 11) is 9.63. The summed E-state index contributed by atoms with van der Waals surface area (Å²) >= 11 is 0. The molecule has 0 saturated heterocycles. The Balaban J connectivity index is 0.498. The highest BCUT2D eigenvalue weighted by molar-refractivity contribution is 6.09. The normalized spacial score (nSPS) is 11.3. The minimum absolute atomic E-state index is 0.00857. The van der Waals surface area contributed by atoms with Gasteiger partial charge in [0.25, 0.3) is 41.0 Å². The lowest BCUT2D eigenvalue weighted by atomic mass is 9.93. The number of pyridine rings is 1. The number of hydrogen-bond donors (Lipinski definition) is 11. The lowest BCUT2D eigenvalue weighted by molar-refractivity contribution is -0.121. The van der Waals surface area contributed by atoms with E-state index in [0.29, 0.717) is 135 Å². The molecule has 7 heterocycles. The van der Waals surface area contributed by atoms with Gasteiger partial charge in [0.15, 0.2) is 17.5 Å². The highest BCUT2D eigenvalue weighted by Gasteiger charge is 2.26. The Kier molecular flexibility index (Phi) is 32.0. The van der Waals surface area contributed by atoms with Gasteiger partial charge in [0, 0.05) is 153 Å². The van der Waals surface area contributed by atoms with Gasteiger partial charge in [0.1, 0.15) is 52.3 Å². The maximum Gasteiger partial charge on any atom is 0.291 e. The van der Waals surface area contributed by atoms with Gasteiger partial charge in [0.05, 0.1) is 96.3 Å². The molecular formula is C82H100FN19O19. The fourth-order valence-electron chi connectivity index (χ4n) is 12.3. The fourth-order valence-corrected chi connectivity index (χ4v) is 12.3. The molecule has 0 spiro atoms. The number of benzene rings is 3. The molecule has 0 aliphatic carbocycles. The number of H-pyrrole nitrogens is 1. The number of ether oxygens (including phenoxy) is 8. The first kappa shape index (κ1) is 90.2. The molecule has 0 saturated carbocycles. The second kappa shape index (κ2) is 43.0. The minimum Gasteiger partial charge on any atom is -0.491 e. The van der Waals surface area contributed by atoms with Crippen LogP contribution in [0.2, 0.25) is 0 Å². The van der Waals surface area contributed by atoms with E-state index in [9.17, 15) is 57.4 Å². The zero-order valence-electron chi connectivity index (χ0n) is 68.8. The van der Waals surface area contributed by atoms with E-state index < -0.39 is 52.9 Å². The Bertz CT molecular complexity index is 5370. The number of rotatable bonds is 46. The number of carbonyl (C=O) groups is 9. The lowest BCUT2D eigenvalue weighted by Crippen LogP contribution is -2.33. The van der Waals surface area contributed by atoms with Crippen molar-refractivity contribution in [3.05, 3.63) is 184 Å². The van der Waals surface area contributed by atoms with E-state index in [0.717, 1.165) is 0 Å². The van der Waals surface area contributed by atoms with E-state index in [-0.39, 0.29) is 133 Å². The predicted octanol–water partition coefficient (Wildman–Crippen LogP) is 5.88. The number of aryl methyl sites for hydroxylation is 8. The summed E-state index contributed by atoms with van der Waals surface area (Å²) in [5.74, 6) is -3.18. The number of aliphatic hydroxyl groups is 1. The molecule has 0 atom stereocenters. The van der Waals surface area contributed by atoms with E-state index in [2.05, 4.69) is 67.8 Å². The van der Waals surface area contributed by atoms with Gasteiger partial charge in [0.2, 0.25) is 29.4 Å². The third kappa shape index (κ3) is 25.9. The topological polar surface area (TPSA) is 457 Å². The van der Waals surface area contributed by atoms with E-state index in [1.165, 1.54) is 71.9 Å². The number of fused-ring (bicyclic) bond motifs is 1. The van der Waals surface area contributed by atoms with Crippen molar-refractivity contribution >= 4 is 92.8 Å². The van der Waals surface area contributed by atoms with Crippen LogP contribution < -0.4 is 62.9 Å². The van der Waals surface area contributed by atoms with Crippen LogP contribution in [0.1, 0.15) is 113 Å². The van der Waals surface area contributed by atoms with E-state index in [4.69, 9.17) is 37.9 Å². The molecule has 0 aliphatic rings. The van der Waals surface area contributed by atoms with Gasteiger partial charge >= 0.3 is 0 Å². The SMILES string of the molecule is Cc1cc(F)cc(C)c1Oc1ccc(C(C)(C)O)cc1-c1cn(C)c(=O)c2[nH]c(C(=O)Nc3ccc(OCCOCCOCCOCCOCCOCCOCCNC(=O)CCNC(=O)c4nc(NC(=O)CCNC(=O)c5cc(NC(=O)c6nc(NC(=O)CCNC(=O)c7cc(NC(=O)c8nccn8C)cn7C)cn6C)cn5C)cn4C)cc3)cc12. The van der Waals surface area contributed by atoms with Crippen LogP contribution in [0, 0.1) is 19.7 Å². The van der Waals surface area contributed by atoms with Gasteiger partial charge in [-0.1, -0.05) is 6.07 Å². The van der Waals surface area contributed by atoms with Gasteiger partial charge in [-0.3, -0.25) is 47.9 Å². The largest absolute Gasteiger partial charge is 0.491 e. The summed E-state index contributed by atoms with van der Waals surface area (Å²) in [5.41, 5.74) is 3.10. The molecule has 7 aromatic heterocycles.